The van der Waals surface area contributed by atoms with Gasteiger partial charge in [-0.15, -0.1) is 0 Å². The summed E-state index contributed by atoms with van der Waals surface area (Å²) in [5.74, 6) is 0.872. The minimum Gasteiger partial charge on any atom is -0.309 e. The highest BCUT2D eigenvalue weighted by Crippen LogP contribution is 2.32. The van der Waals surface area contributed by atoms with Gasteiger partial charge in [0.25, 0.3) is 0 Å². The van der Waals surface area contributed by atoms with Gasteiger partial charge in [-0.2, -0.15) is 0 Å². The second-order valence-corrected chi connectivity index (χ2v) is 5.33. The van der Waals surface area contributed by atoms with Crippen LogP contribution in [0.2, 0.25) is 5.02 Å². The van der Waals surface area contributed by atoms with Crippen molar-refractivity contribution in [1.29, 1.82) is 0 Å². The number of nitrogens with zero attached hydrogens (tertiary/aromatic N) is 1. The average molecular weight is 253 g/mol. The Morgan fingerprint density at radius 3 is 2.76 bits per heavy atom. The van der Waals surface area contributed by atoms with Crippen LogP contribution in [0.5, 0.6) is 0 Å². The maximum atomic E-state index is 5.88. The molecule has 0 aromatic carbocycles. The maximum absolute atomic E-state index is 5.88. The molecule has 1 aliphatic carbocycles. The monoisotopic (exact) mass is 252 g/mol. The van der Waals surface area contributed by atoms with E-state index in [1.165, 1.54) is 32.1 Å². The van der Waals surface area contributed by atoms with Gasteiger partial charge in [0.05, 0.1) is 10.7 Å². The predicted octanol–water partition coefficient (Wildman–Crippen LogP) is 3.97. The summed E-state index contributed by atoms with van der Waals surface area (Å²) < 4.78 is 0. The minimum atomic E-state index is 0.389. The van der Waals surface area contributed by atoms with Crippen molar-refractivity contribution in [2.24, 2.45) is 5.92 Å². The molecule has 0 amide bonds. The number of hydrogen-bond donors (Lipinski definition) is 1. The molecule has 1 heterocycles. The third-order valence-electron chi connectivity index (χ3n) is 3.60. The smallest absolute Gasteiger partial charge is 0.0589 e. The van der Waals surface area contributed by atoms with Crippen LogP contribution < -0.4 is 5.32 Å². The largest absolute Gasteiger partial charge is 0.309 e. The van der Waals surface area contributed by atoms with Gasteiger partial charge in [0, 0.05) is 12.2 Å². The first-order chi connectivity index (χ1) is 8.29. The van der Waals surface area contributed by atoms with E-state index >= 15 is 0 Å². The summed E-state index contributed by atoms with van der Waals surface area (Å²) in [7, 11) is 0. The van der Waals surface area contributed by atoms with E-state index in [-0.39, 0.29) is 0 Å². The molecule has 1 N–H and O–H groups in total. The van der Waals surface area contributed by atoms with Crippen LogP contribution in [-0.2, 0) is 0 Å². The standard InChI is InChI=1S/C14H21ClN2/c1-2-16-14(9-11-5-3-4-6-11)13-8-7-12(15)10-17-13/h7-8,10-11,14,16H,2-6,9H2,1H3. The molecule has 1 unspecified atom stereocenters. The van der Waals surface area contributed by atoms with Crippen LogP contribution in [0.3, 0.4) is 0 Å². The van der Waals surface area contributed by atoms with Gasteiger partial charge >= 0.3 is 0 Å². The molecule has 3 heteroatoms. The Kier molecular flexibility index (Phi) is 4.81. The third-order valence-corrected chi connectivity index (χ3v) is 3.83. The second-order valence-electron chi connectivity index (χ2n) is 4.90. The molecule has 1 aromatic heterocycles. The summed E-state index contributed by atoms with van der Waals surface area (Å²) in [5, 5.41) is 4.25. The van der Waals surface area contributed by atoms with Crippen LogP contribution in [0.25, 0.3) is 0 Å². The first-order valence-corrected chi connectivity index (χ1v) is 7.02. The Hall–Kier alpha value is -0.600. The van der Waals surface area contributed by atoms with Gasteiger partial charge in [0.15, 0.2) is 0 Å². The fourth-order valence-electron chi connectivity index (χ4n) is 2.73. The average Bonchev–Trinajstić information content (AvgIpc) is 2.82. The van der Waals surface area contributed by atoms with E-state index in [4.69, 9.17) is 11.6 Å². The highest BCUT2D eigenvalue weighted by molar-refractivity contribution is 6.30. The van der Waals surface area contributed by atoms with E-state index in [1.807, 2.05) is 12.1 Å². The molecule has 1 aromatic rings. The minimum absolute atomic E-state index is 0.389. The molecule has 2 nitrogen and oxygen atoms in total. The third kappa shape index (κ3) is 3.68. The van der Waals surface area contributed by atoms with Crippen molar-refractivity contribution in [3.8, 4) is 0 Å². The lowest BCUT2D eigenvalue weighted by atomic mass is 9.96. The Bertz CT molecular complexity index is 331. The molecule has 0 bridgehead atoms. The number of halogens is 1. The summed E-state index contributed by atoms with van der Waals surface area (Å²) >= 11 is 5.88. The Morgan fingerprint density at radius 2 is 2.18 bits per heavy atom. The van der Waals surface area contributed by atoms with Crippen LogP contribution in [0.15, 0.2) is 18.3 Å². The van der Waals surface area contributed by atoms with Gasteiger partial charge in [0.2, 0.25) is 0 Å². The quantitative estimate of drug-likeness (QED) is 0.858. The van der Waals surface area contributed by atoms with Crippen LogP contribution in [0, 0.1) is 5.92 Å². The van der Waals surface area contributed by atoms with E-state index in [1.54, 1.807) is 6.20 Å². The van der Waals surface area contributed by atoms with Crippen molar-refractivity contribution in [2.75, 3.05) is 6.54 Å². The molecule has 94 valence electrons. The first kappa shape index (κ1) is 12.8. The van der Waals surface area contributed by atoms with Gasteiger partial charge in [-0.3, -0.25) is 4.98 Å². The first-order valence-electron chi connectivity index (χ1n) is 6.64. The molecule has 1 aliphatic rings. The van der Waals surface area contributed by atoms with Gasteiger partial charge in [-0.25, -0.2) is 0 Å². The number of nitrogens with one attached hydrogen (secondary N) is 1. The lowest BCUT2D eigenvalue weighted by Crippen LogP contribution is -2.23. The summed E-state index contributed by atoms with van der Waals surface area (Å²) in [6, 6.07) is 4.37. The van der Waals surface area contributed by atoms with Gasteiger partial charge in [-0.05, 0) is 31.0 Å². The zero-order chi connectivity index (χ0) is 12.1. The summed E-state index contributed by atoms with van der Waals surface area (Å²) in [6.45, 7) is 3.14. The van der Waals surface area contributed by atoms with E-state index in [2.05, 4.69) is 17.2 Å². The number of aromatic nitrogens is 1. The van der Waals surface area contributed by atoms with Crippen LogP contribution in [-0.4, -0.2) is 11.5 Å². The fourth-order valence-corrected chi connectivity index (χ4v) is 2.84. The maximum Gasteiger partial charge on any atom is 0.0589 e. The molecule has 1 fully saturated rings. The van der Waals surface area contributed by atoms with Crippen LogP contribution >= 0.6 is 11.6 Å². The Balaban J connectivity index is 2.02. The molecular weight excluding hydrogens is 232 g/mol. The van der Waals surface area contributed by atoms with Crippen LogP contribution in [0.4, 0.5) is 0 Å². The Morgan fingerprint density at radius 1 is 1.41 bits per heavy atom. The van der Waals surface area contributed by atoms with Crippen molar-refractivity contribution in [3.05, 3.63) is 29.0 Å². The molecule has 17 heavy (non-hydrogen) atoms. The molecular formula is C14H21ClN2. The van der Waals surface area contributed by atoms with Crippen molar-refractivity contribution < 1.29 is 0 Å². The number of rotatable bonds is 5. The van der Waals surface area contributed by atoms with Crippen molar-refractivity contribution in [1.82, 2.24) is 10.3 Å². The second kappa shape index (κ2) is 6.36. The van der Waals surface area contributed by atoms with Crippen LogP contribution in [0.1, 0.15) is 50.8 Å². The highest BCUT2D eigenvalue weighted by atomic mass is 35.5. The molecule has 0 aliphatic heterocycles. The topological polar surface area (TPSA) is 24.9 Å². The SMILES string of the molecule is CCNC(CC1CCCC1)c1ccc(Cl)cn1. The molecule has 1 atom stereocenters. The summed E-state index contributed by atoms with van der Waals surface area (Å²) in [5.41, 5.74) is 1.13. The zero-order valence-electron chi connectivity index (χ0n) is 10.5. The van der Waals surface area contributed by atoms with E-state index in [0.29, 0.717) is 11.1 Å². The lowest BCUT2D eigenvalue weighted by molar-refractivity contribution is 0.395. The molecule has 0 spiro atoms. The summed E-state index contributed by atoms with van der Waals surface area (Å²) in [4.78, 5) is 4.44. The van der Waals surface area contributed by atoms with Crippen molar-refractivity contribution in [2.45, 2.75) is 45.1 Å². The van der Waals surface area contributed by atoms with Crippen molar-refractivity contribution in [3.63, 3.8) is 0 Å². The van der Waals surface area contributed by atoms with E-state index in [9.17, 15) is 0 Å². The predicted molar refractivity (Wildman–Crippen MR) is 72.2 cm³/mol. The highest BCUT2D eigenvalue weighted by Gasteiger charge is 2.21. The summed E-state index contributed by atoms with van der Waals surface area (Å²) in [6.07, 6.45) is 8.53. The fraction of sp³-hybridized carbons (Fsp3) is 0.643. The van der Waals surface area contributed by atoms with Crippen molar-refractivity contribution >= 4 is 11.6 Å². The van der Waals surface area contributed by atoms with Gasteiger partial charge in [-0.1, -0.05) is 44.2 Å². The lowest BCUT2D eigenvalue weighted by Gasteiger charge is -2.21. The molecule has 2 rings (SSSR count). The number of pyridine rings is 1. The Labute approximate surface area is 109 Å². The normalized spacial score (nSPS) is 18.5. The van der Waals surface area contributed by atoms with Gasteiger partial charge in [0.1, 0.15) is 0 Å². The number of hydrogen-bond acceptors (Lipinski definition) is 2. The molecule has 0 saturated heterocycles. The zero-order valence-corrected chi connectivity index (χ0v) is 11.2. The molecule has 0 radical (unpaired) electrons. The van der Waals surface area contributed by atoms with E-state index < -0.39 is 0 Å². The van der Waals surface area contributed by atoms with E-state index in [0.717, 1.165) is 18.2 Å². The van der Waals surface area contributed by atoms with Gasteiger partial charge < -0.3 is 5.32 Å². The molecule has 1 saturated carbocycles.